The third-order valence-electron chi connectivity index (χ3n) is 4.20. The van der Waals surface area contributed by atoms with Gasteiger partial charge in [-0.25, -0.2) is 4.68 Å². The van der Waals surface area contributed by atoms with E-state index in [2.05, 4.69) is 55.3 Å². The van der Waals surface area contributed by atoms with Crippen LogP contribution in [0.4, 0.5) is 0 Å². The Labute approximate surface area is 158 Å². The lowest BCUT2D eigenvalue weighted by Gasteiger charge is -2.18. The third-order valence-corrected chi connectivity index (χ3v) is 5.13. The summed E-state index contributed by atoms with van der Waals surface area (Å²) in [6, 6.07) is 10.3. The Bertz CT molecular complexity index is 738. The fraction of sp³-hybridized carbons (Fsp3) is 0.524. The minimum absolute atomic E-state index is 0.214. The van der Waals surface area contributed by atoms with Crippen LogP contribution in [-0.4, -0.2) is 34.3 Å². The highest BCUT2D eigenvalue weighted by molar-refractivity contribution is 6.83. The van der Waals surface area contributed by atoms with Crippen LogP contribution in [0.2, 0.25) is 19.6 Å². The summed E-state index contributed by atoms with van der Waals surface area (Å²) in [6.45, 7) is 11.1. The zero-order valence-corrected chi connectivity index (χ0v) is 17.6. The topological polar surface area (TPSA) is 50.9 Å². The molecule has 0 aliphatic heterocycles. The molecule has 0 aliphatic rings. The van der Waals surface area contributed by atoms with E-state index in [0.29, 0.717) is 18.8 Å². The second-order valence-corrected chi connectivity index (χ2v) is 13.1. The zero-order valence-electron chi connectivity index (χ0n) is 16.6. The molecule has 4 nitrogen and oxygen atoms in total. The molecule has 140 valence electrons. The quantitative estimate of drug-likeness (QED) is 0.595. The fourth-order valence-electron chi connectivity index (χ4n) is 2.82. The molecule has 0 fully saturated rings. The molecule has 0 saturated heterocycles. The zero-order chi connectivity index (χ0) is 19.2. The van der Waals surface area contributed by atoms with E-state index in [4.69, 9.17) is 0 Å². The summed E-state index contributed by atoms with van der Waals surface area (Å²) in [5.41, 5.74) is 5.39. The van der Waals surface area contributed by atoms with Crippen LogP contribution in [0.25, 0.3) is 0 Å². The van der Waals surface area contributed by atoms with Gasteiger partial charge in [-0.1, -0.05) is 69.0 Å². The van der Waals surface area contributed by atoms with E-state index in [-0.39, 0.29) is 6.04 Å². The Morgan fingerprint density at radius 2 is 1.81 bits per heavy atom. The van der Waals surface area contributed by atoms with E-state index < -0.39 is 14.2 Å². The molecule has 1 aromatic carbocycles. The first kappa shape index (κ1) is 20.4. The molecule has 2 aromatic rings. The molecule has 2 atom stereocenters. The van der Waals surface area contributed by atoms with Gasteiger partial charge < -0.3 is 5.11 Å². The first-order valence-electron chi connectivity index (χ1n) is 9.37. The largest absolute Gasteiger partial charge is 0.392 e. The van der Waals surface area contributed by atoms with Crippen LogP contribution in [0.15, 0.2) is 36.5 Å². The number of nitrogens with zero attached hydrogens (tertiary/aromatic N) is 3. The Morgan fingerprint density at radius 3 is 2.42 bits per heavy atom. The molecule has 0 radical (unpaired) electrons. The minimum atomic E-state index is -1.35. The molecule has 0 amide bonds. The smallest absolute Gasteiger partial charge is 0.129 e. The van der Waals surface area contributed by atoms with Crippen LogP contribution in [0, 0.1) is 17.4 Å². The summed E-state index contributed by atoms with van der Waals surface area (Å²) in [5, 5.41) is 18.9. The Morgan fingerprint density at radius 1 is 1.12 bits per heavy atom. The van der Waals surface area contributed by atoms with Crippen molar-refractivity contribution < 1.29 is 5.11 Å². The van der Waals surface area contributed by atoms with E-state index in [0.717, 1.165) is 17.7 Å². The monoisotopic (exact) mass is 369 g/mol. The lowest BCUT2D eigenvalue weighted by molar-refractivity contribution is 0.174. The first-order chi connectivity index (χ1) is 12.2. The summed E-state index contributed by atoms with van der Waals surface area (Å²) in [5.74, 6) is 3.79. The fourth-order valence-corrected chi connectivity index (χ4v) is 3.46. The summed E-state index contributed by atoms with van der Waals surface area (Å²) in [7, 11) is -1.35. The maximum atomic E-state index is 10.3. The van der Waals surface area contributed by atoms with Gasteiger partial charge >= 0.3 is 0 Å². The number of hydrogen-bond acceptors (Lipinski definition) is 3. The van der Waals surface area contributed by atoms with Crippen LogP contribution in [0.1, 0.15) is 37.6 Å². The number of hydrogen-bond donors (Lipinski definition) is 1. The number of aliphatic hydroxyl groups excluding tert-OH is 1. The normalized spacial score (nSPS) is 14.0. The predicted octanol–water partition coefficient (Wildman–Crippen LogP) is 3.89. The van der Waals surface area contributed by atoms with Gasteiger partial charge in [-0.15, -0.1) is 16.6 Å². The Kier molecular flexibility index (Phi) is 7.19. The molecule has 5 heteroatoms. The maximum Gasteiger partial charge on any atom is 0.129 e. The average molecular weight is 370 g/mol. The molecule has 26 heavy (non-hydrogen) atoms. The molecule has 1 aromatic heterocycles. The number of rotatable bonds is 7. The maximum absolute atomic E-state index is 10.3. The van der Waals surface area contributed by atoms with Crippen LogP contribution in [0.3, 0.4) is 0 Å². The van der Waals surface area contributed by atoms with Crippen molar-refractivity contribution in [2.75, 3.05) is 0 Å². The van der Waals surface area contributed by atoms with Gasteiger partial charge in [-0.2, -0.15) is 0 Å². The minimum Gasteiger partial charge on any atom is -0.392 e. The van der Waals surface area contributed by atoms with E-state index in [1.165, 1.54) is 0 Å². The summed E-state index contributed by atoms with van der Waals surface area (Å²) in [4.78, 5) is 0. The highest BCUT2D eigenvalue weighted by atomic mass is 28.3. The number of aliphatic hydroxyl groups is 1. The van der Waals surface area contributed by atoms with Gasteiger partial charge in [0.25, 0.3) is 0 Å². The molecular formula is C21H31N3OSi. The van der Waals surface area contributed by atoms with E-state index in [9.17, 15) is 5.11 Å². The van der Waals surface area contributed by atoms with Gasteiger partial charge in [-0.05, 0) is 17.9 Å². The third kappa shape index (κ3) is 6.78. The van der Waals surface area contributed by atoms with E-state index in [1.54, 1.807) is 0 Å². The van der Waals surface area contributed by atoms with Crippen molar-refractivity contribution in [3.8, 4) is 11.5 Å². The Hall–Kier alpha value is -1.90. The molecule has 0 saturated carbocycles. The van der Waals surface area contributed by atoms with Gasteiger partial charge in [0.05, 0.1) is 17.8 Å². The first-order valence-corrected chi connectivity index (χ1v) is 12.9. The van der Waals surface area contributed by atoms with Crippen molar-refractivity contribution in [2.45, 2.75) is 64.9 Å². The van der Waals surface area contributed by atoms with Crippen molar-refractivity contribution in [2.24, 2.45) is 5.92 Å². The van der Waals surface area contributed by atoms with Gasteiger partial charge in [0.15, 0.2) is 0 Å². The van der Waals surface area contributed by atoms with Crippen molar-refractivity contribution >= 4 is 8.07 Å². The van der Waals surface area contributed by atoms with Crippen molar-refractivity contribution in [3.63, 3.8) is 0 Å². The van der Waals surface area contributed by atoms with Gasteiger partial charge in [0, 0.05) is 19.0 Å². The predicted molar refractivity (Wildman–Crippen MR) is 109 cm³/mol. The summed E-state index contributed by atoms with van der Waals surface area (Å²) >= 11 is 0. The molecule has 2 rings (SSSR count). The van der Waals surface area contributed by atoms with Crippen LogP contribution in [-0.2, 0) is 12.8 Å². The summed E-state index contributed by atoms with van der Waals surface area (Å²) in [6.07, 6.45) is 3.45. The van der Waals surface area contributed by atoms with Crippen LogP contribution >= 0.6 is 0 Å². The van der Waals surface area contributed by atoms with E-state index >= 15 is 0 Å². The lowest BCUT2D eigenvalue weighted by Crippen LogP contribution is -2.18. The Balaban J connectivity index is 2.00. The standard InChI is InChI=1S/C21H31N3OSi/c1-17(2)21(12-9-13-26(3,4)5)24-16-19(22-23-24)15-20(25)14-18-10-7-6-8-11-18/h6-8,10-11,16-17,20-21,25H,12,14-15H2,1-5H3/t20-,21-/m1/s1. The molecule has 0 aliphatic carbocycles. The van der Waals surface area contributed by atoms with Gasteiger partial charge in [-0.3, -0.25) is 0 Å². The van der Waals surface area contributed by atoms with Crippen LogP contribution < -0.4 is 0 Å². The number of benzene rings is 1. The molecule has 1 heterocycles. The SMILES string of the molecule is CC(C)[C@@H](CC#C[Si](C)(C)C)n1cc(C[C@H](O)Cc2ccccc2)nn1. The average Bonchev–Trinajstić information content (AvgIpc) is 2.99. The molecule has 0 unspecified atom stereocenters. The highest BCUT2D eigenvalue weighted by Gasteiger charge is 2.18. The highest BCUT2D eigenvalue weighted by Crippen LogP contribution is 2.21. The van der Waals surface area contributed by atoms with E-state index in [1.807, 2.05) is 41.2 Å². The molecular weight excluding hydrogens is 338 g/mol. The van der Waals surface area contributed by atoms with Gasteiger partial charge in [0.2, 0.25) is 0 Å². The summed E-state index contributed by atoms with van der Waals surface area (Å²) < 4.78 is 1.92. The molecule has 0 spiro atoms. The molecule has 0 bridgehead atoms. The lowest BCUT2D eigenvalue weighted by atomic mass is 10.0. The van der Waals surface area contributed by atoms with Crippen molar-refractivity contribution in [3.05, 3.63) is 47.8 Å². The van der Waals surface area contributed by atoms with Crippen molar-refractivity contribution in [1.82, 2.24) is 15.0 Å². The number of aromatic nitrogens is 3. The molecule has 1 N–H and O–H groups in total. The second-order valence-electron chi connectivity index (χ2n) is 8.30. The van der Waals surface area contributed by atoms with Crippen LogP contribution in [0.5, 0.6) is 0 Å². The second kappa shape index (κ2) is 9.16. The van der Waals surface area contributed by atoms with Crippen molar-refractivity contribution in [1.29, 1.82) is 0 Å². The van der Waals surface area contributed by atoms with Gasteiger partial charge in [0.1, 0.15) is 8.07 Å².